The maximum Gasteiger partial charge on any atom is 0.306 e. The van der Waals surface area contributed by atoms with Crippen molar-refractivity contribution >= 4 is 17.3 Å². The number of thiazole rings is 1. The molecule has 65 valence electrons. The van der Waals surface area contributed by atoms with Gasteiger partial charge in [-0.2, -0.15) is 0 Å². The van der Waals surface area contributed by atoms with Crippen LogP contribution in [-0.4, -0.2) is 17.6 Å². The molecule has 0 bridgehead atoms. The van der Waals surface area contributed by atoms with Crippen LogP contribution in [0.25, 0.3) is 0 Å². The lowest BCUT2D eigenvalue weighted by molar-refractivity contribution is -0.137. The summed E-state index contributed by atoms with van der Waals surface area (Å²) in [6.45, 7) is 5.44. The van der Waals surface area contributed by atoms with Crippen LogP contribution < -0.4 is 0 Å². The lowest BCUT2D eigenvalue weighted by Crippen LogP contribution is -2.03. The fraction of sp³-hybridized carbons (Fsp3) is 0.375. The first kappa shape index (κ1) is 9.19. The summed E-state index contributed by atoms with van der Waals surface area (Å²) in [6, 6.07) is 0. The average molecular weight is 184 g/mol. The van der Waals surface area contributed by atoms with Crippen LogP contribution in [0, 0.1) is 13.8 Å². The number of hydrogen-bond acceptors (Lipinski definition) is 4. The van der Waals surface area contributed by atoms with E-state index in [-0.39, 0.29) is 0 Å². The Morgan fingerprint density at radius 3 is 3.08 bits per heavy atom. The highest BCUT2D eigenvalue weighted by molar-refractivity contribution is 7.09. The Morgan fingerprint density at radius 2 is 2.58 bits per heavy atom. The average Bonchev–Trinajstić information content (AvgIpc) is 2.36. The SMILES string of the molecule is [CH2]C(=O)OCCc1scnc1C. The Labute approximate surface area is 75.4 Å². The van der Waals surface area contributed by atoms with Crippen molar-refractivity contribution in [2.24, 2.45) is 0 Å². The second-order valence-corrected chi connectivity index (χ2v) is 3.27. The summed E-state index contributed by atoms with van der Waals surface area (Å²) in [5.74, 6) is -0.475. The van der Waals surface area contributed by atoms with Gasteiger partial charge in [0.1, 0.15) is 0 Å². The third-order valence-corrected chi connectivity index (χ3v) is 2.43. The van der Waals surface area contributed by atoms with Crippen LogP contribution in [0.1, 0.15) is 10.6 Å². The van der Waals surface area contributed by atoms with Crippen molar-refractivity contribution in [3.05, 3.63) is 23.0 Å². The Kier molecular flexibility index (Phi) is 3.22. The van der Waals surface area contributed by atoms with E-state index >= 15 is 0 Å². The topological polar surface area (TPSA) is 39.2 Å². The van der Waals surface area contributed by atoms with Gasteiger partial charge < -0.3 is 4.74 Å². The molecule has 1 heterocycles. The molecule has 1 radical (unpaired) electrons. The molecule has 0 atom stereocenters. The summed E-state index contributed by atoms with van der Waals surface area (Å²) in [4.78, 5) is 15.6. The van der Waals surface area contributed by atoms with Crippen molar-refractivity contribution in [3.63, 3.8) is 0 Å². The smallest absolute Gasteiger partial charge is 0.306 e. The molecular weight excluding hydrogens is 174 g/mol. The number of esters is 1. The predicted octanol–water partition coefficient (Wildman–Crippen LogP) is 1.37. The molecular formula is C8H10NO2S. The van der Waals surface area contributed by atoms with Gasteiger partial charge >= 0.3 is 5.97 Å². The van der Waals surface area contributed by atoms with Gasteiger partial charge in [0.2, 0.25) is 0 Å². The number of ether oxygens (including phenoxy) is 1. The van der Waals surface area contributed by atoms with Gasteiger partial charge in [0, 0.05) is 11.3 Å². The lowest BCUT2D eigenvalue weighted by Gasteiger charge is -1.99. The normalized spacial score (nSPS) is 9.83. The molecule has 0 unspecified atom stereocenters. The fourth-order valence-corrected chi connectivity index (χ4v) is 1.59. The first-order valence-electron chi connectivity index (χ1n) is 3.58. The van der Waals surface area contributed by atoms with Gasteiger partial charge in [0.15, 0.2) is 0 Å². The molecule has 1 aromatic heterocycles. The number of rotatable bonds is 3. The summed E-state index contributed by atoms with van der Waals surface area (Å²) >= 11 is 1.58. The molecule has 0 fully saturated rings. The molecule has 0 aliphatic carbocycles. The van der Waals surface area contributed by atoms with E-state index in [9.17, 15) is 4.79 Å². The minimum atomic E-state index is -0.475. The second-order valence-electron chi connectivity index (χ2n) is 2.33. The summed E-state index contributed by atoms with van der Waals surface area (Å²) in [5, 5.41) is 0. The number of aryl methyl sites for hydroxylation is 1. The predicted molar refractivity (Wildman–Crippen MR) is 46.9 cm³/mol. The van der Waals surface area contributed by atoms with Crippen molar-refractivity contribution in [1.82, 2.24) is 4.98 Å². The van der Waals surface area contributed by atoms with E-state index in [1.54, 1.807) is 16.8 Å². The Bertz CT molecular complexity index is 270. The number of hydrogen-bond donors (Lipinski definition) is 0. The van der Waals surface area contributed by atoms with Gasteiger partial charge in [-0.25, -0.2) is 4.98 Å². The van der Waals surface area contributed by atoms with Crippen LogP contribution in [-0.2, 0) is 16.0 Å². The Hall–Kier alpha value is -0.900. The van der Waals surface area contributed by atoms with Crippen LogP contribution in [0.5, 0.6) is 0 Å². The summed E-state index contributed by atoms with van der Waals surface area (Å²) in [7, 11) is 0. The molecule has 0 aliphatic heterocycles. The molecule has 0 amide bonds. The van der Waals surface area contributed by atoms with E-state index < -0.39 is 5.97 Å². The molecule has 4 heteroatoms. The molecule has 1 rings (SSSR count). The van der Waals surface area contributed by atoms with Crippen molar-refractivity contribution in [1.29, 1.82) is 0 Å². The monoisotopic (exact) mass is 184 g/mol. The van der Waals surface area contributed by atoms with Crippen LogP contribution in [0.15, 0.2) is 5.51 Å². The van der Waals surface area contributed by atoms with Gasteiger partial charge in [-0.15, -0.1) is 11.3 Å². The highest BCUT2D eigenvalue weighted by Crippen LogP contribution is 2.12. The van der Waals surface area contributed by atoms with Gasteiger partial charge in [-0.05, 0) is 6.92 Å². The van der Waals surface area contributed by atoms with E-state index in [0.717, 1.165) is 17.0 Å². The molecule has 0 spiro atoms. The minimum Gasteiger partial charge on any atom is -0.465 e. The lowest BCUT2D eigenvalue weighted by atomic mass is 10.3. The Balaban J connectivity index is 2.33. The van der Waals surface area contributed by atoms with E-state index in [1.807, 2.05) is 6.92 Å². The van der Waals surface area contributed by atoms with Crippen molar-refractivity contribution in [2.75, 3.05) is 6.61 Å². The van der Waals surface area contributed by atoms with Crippen LogP contribution in [0.2, 0.25) is 0 Å². The maximum absolute atomic E-state index is 10.3. The number of aromatic nitrogens is 1. The second kappa shape index (κ2) is 4.21. The molecule has 0 saturated heterocycles. The molecule has 0 aliphatic rings. The first-order valence-corrected chi connectivity index (χ1v) is 4.46. The molecule has 3 nitrogen and oxygen atoms in total. The zero-order chi connectivity index (χ0) is 8.97. The molecule has 0 aromatic carbocycles. The zero-order valence-electron chi connectivity index (χ0n) is 6.87. The van der Waals surface area contributed by atoms with E-state index in [1.165, 1.54) is 0 Å². The Morgan fingerprint density at radius 1 is 1.83 bits per heavy atom. The van der Waals surface area contributed by atoms with Crippen molar-refractivity contribution < 1.29 is 9.53 Å². The van der Waals surface area contributed by atoms with E-state index in [0.29, 0.717) is 6.61 Å². The highest BCUT2D eigenvalue weighted by Gasteiger charge is 2.01. The van der Waals surface area contributed by atoms with Crippen molar-refractivity contribution in [2.45, 2.75) is 13.3 Å². The highest BCUT2D eigenvalue weighted by atomic mass is 32.1. The zero-order valence-corrected chi connectivity index (χ0v) is 7.69. The van der Waals surface area contributed by atoms with Crippen molar-refractivity contribution in [3.8, 4) is 0 Å². The largest absolute Gasteiger partial charge is 0.465 e. The van der Waals surface area contributed by atoms with Crippen LogP contribution in [0.3, 0.4) is 0 Å². The molecule has 0 saturated carbocycles. The molecule has 12 heavy (non-hydrogen) atoms. The number of carbonyl (C=O) groups excluding carboxylic acids is 1. The number of carbonyl (C=O) groups is 1. The van der Waals surface area contributed by atoms with Crippen LogP contribution in [0.4, 0.5) is 0 Å². The quantitative estimate of drug-likeness (QED) is 0.666. The van der Waals surface area contributed by atoms with E-state index in [2.05, 4.69) is 11.9 Å². The summed E-state index contributed by atoms with van der Waals surface area (Å²) < 4.78 is 4.70. The van der Waals surface area contributed by atoms with Gasteiger partial charge in [-0.1, -0.05) is 0 Å². The molecule has 0 N–H and O–H groups in total. The molecule has 1 aromatic rings. The maximum atomic E-state index is 10.3. The summed E-state index contributed by atoms with van der Waals surface area (Å²) in [6.07, 6.45) is 0.734. The standard InChI is InChI=1S/C8H10NO2S/c1-6-8(12-5-9-6)3-4-11-7(2)10/h5H,2-4H2,1H3. The fourth-order valence-electron chi connectivity index (χ4n) is 0.824. The van der Waals surface area contributed by atoms with Gasteiger partial charge in [-0.3, -0.25) is 4.79 Å². The van der Waals surface area contributed by atoms with Gasteiger partial charge in [0.25, 0.3) is 0 Å². The third kappa shape index (κ3) is 2.62. The minimum absolute atomic E-state index is 0.394. The first-order chi connectivity index (χ1) is 5.70. The summed E-state index contributed by atoms with van der Waals surface area (Å²) in [5.41, 5.74) is 2.80. The van der Waals surface area contributed by atoms with Gasteiger partial charge in [0.05, 0.1) is 24.7 Å². The number of nitrogens with zero attached hydrogens (tertiary/aromatic N) is 1. The van der Waals surface area contributed by atoms with E-state index in [4.69, 9.17) is 4.74 Å². The van der Waals surface area contributed by atoms with Crippen LogP contribution >= 0.6 is 11.3 Å². The third-order valence-electron chi connectivity index (χ3n) is 1.44.